The highest BCUT2D eigenvalue weighted by Gasteiger charge is 2.44. The molecule has 3 heterocycles. The second-order valence-corrected chi connectivity index (χ2v) is 9.10. The molecule has 196 valence electrons. The van der Waals surface area contributed by atoms with Crippen LogP contribution in [0.15, 0.2) is 84.0 Å². The number of nitrogens with one attached hydrogen (secondary N) is 1. The van der Waals surface area contributed by atoms with E-state index in [9.17, 15) is 23.1 Å². The van der Waals surface area contributed by atoms with Crippen molar-refractivity contribution in [2.75, 3.05) is 5.32 Å². The number of halogens is 4. The summed E-state index contributed by atoms with van der Waals surface area (Å²) in [7, 11) is 1.56. The fraction of sp³-hybridized carbons (Fsp3) is 0.222. The maximum Gasteiger partial charge on any atom is 0.413 e. The van der Waals surface area contributed by atoms with E-state index in [0.29, 0.717) is 28.4 Å². The smallest absolute Gasteiger partial charge is 0.389 e. The van der Waals surface area contributed by atoms with Crippen LogP contribution in [-0.2, 0) is 11.8 Å². The van der Waals surface area contributed by atoms with Gasteiger partial charge in [-0.25, -0.2) is 8.91 Å². The normalized spacial score (nSPS) is 17.0. The summed E-state index contributed by atoms with van der Waals surface area (Å²) in [5, 5.41) is 21.4. The minimum atomic E-state index is -4.80. The van der Waals surface area contributed by atoms with Gasteiger partial charge in [0.1, 0.15) is 11.5 Å². The highest BCUT2D eigenvalue weighted by Crippen LogP contribution is 2.45. The Morgan fingerprint density at radius 1 is 1.13 bits per heavy atom. The van der Waals surface area contributed by atoms with E-state index in [2.05, 4.69) is 15.5 Å². The zero-order chi connectivity index (χ0) is 27.2. The van der Waals surface area contributed by atoms with E-state index in [0.717, 1.165) is 0 Å². The maximum absolute atomic E-state index is 15.1. The number of allylic oxidation sites excluding steroid dienone is 3. The number of alkyl halides is 3. The van der Waals surface area contributed by atoms with Crippen LogP contribution >= 0.6 is 0 Å². The lowest BCUT2D eigenvalue weighted by atomic mass is 9.83. The molecule has 1 amide bonds. The number of aryl methyl sites for hydroxylation is 1. The zero-order valence-electron chi connectivity index (χ0n) is 20.4. The molecule has 0 saturated heterocycles. The van der Waals surface area contributed by atoms with Crippen LogP contribution in [0, 0.1) is 0 Å². The number of carbonyl (C=O) groups is 1. The monoisotopic (exact) mass is 525 g/mol. The Morgan fingerprint density at radius 3 is 2.50 bits per heavy atom. The standard InChI is InChI=1S/C27H23F4N5O2/c1-15(37)17-8-11-36-23(12-17)25(24(34-36)16-6-4-3-5-7-16)32-26(38)19-13-18(22-9-10-35(2)33-22)20(14-21(19)28)27(29,30)31/h3-12,14-15,18,37H,13H2,1-2H3,(H,32,38). The molecule has 2 atom stereocenters. The molecule has 3 aromatic heterocycles. The number of hydrogen-bond donors (Lipinski definition) is 2. The average molecular weight is 526 g/mol. The van der Waals surface area contributed by atoms with Gasteiger partial charge in [0.25, 0.3) is 5.91 Å². The van der Waals surface area contributed by atoms with Crippen LogP contribution in [0.4, 0.5) is 23.2 Å². The van der Waals surface area contributed by atoms with Gasteiger partial charge in [0, 0.05) is 36.5 Å². The lowest BCUT2D eigenvalue weighted by molar-refractivity contribution is -0.113. The fourth-order valence-electron chi connectivity index (χ4n) is 4.53. The van der Waals surface area contributed by atoms with Crippen molar-refractivity contribution in [1.82, 2.24) is 19.4 Å². The number of pyridine rings is 1. The van der Waals surface area contributed by atoms with Gasteiger partial charge in [-0.1, -0.05) is 30.3 Å². The first kappa shape index (κ1) is 25.4. The van der Waals surface area contributed by atoms with E-state index in [1.54, 1.807) is 56.6 Å². The predicted octanol–water partition coefficient (Wildman–Crippen LogP) is 5.63. The van der Waals surface area contributed by atoms with Crippen molar-refractivity contribution in [3.8, 4) is 11.3 Å². The Hall–Kier alpha value is -4.25. The molecule has 2 N–H and O–H groups in total. The molecule has 38 heavy (non-hydrogen) atoms. The van der Waals surface area contributed by atoms with Gasteiger partial charge in [-0.15, -0.1) is 0 Å². The molecule has 1 aliphatic carbocycles. The van der Waals surface area contributed by atoms with Crippen molar-refractivity contribution >= 4 is 17.1 Å². The summed E-state index contributed by atoms with van der Waals surface area (Å²) in [4.78, 5) is 13.4. The number of carbonyl (C=O) groups excluding carboxylic acids is 1. The van der Waals surface area contributed by atoms with E-state index in [1.807, 2.05) is 6.07 Å². The highest BCUT2D eigenvalue weighted by atomic mass is 19.4. The Balaban J connectivity index is 1.59. The van der Waals surface area contributed by atoms with Crippen LogP contribution in [0.5, 0.6) is 0 Å². The summed E-state index contributed by atoms with van der Waals surface area (Å²) in [5.41, 5.74) is 0.816. The number of fused-ring (bicyclic) bond motifs is 1. The number of aromatic nitrogens is 4. The lowest BCUT2D eigenvalue weighted by Crippen LogP contribution is -2.26. The molecule has 7 nitrogen and oxygen atoms in total. The molecule has 0 saturated carbocycles. The lowest BCUT2D eigenvalue weighted by Gasteiger charge is -2.26. The summed E-state index contributed by atoms with van der Waals surface area (Å²) in [6.07, 6.45) is -2.65. The quantitative estimate of drug-likeness (QED) is 0.331. The third kappa shape index (κ3) is 4.72. The minimum Gasteiger partial charge on any atom is -0.389 e. The predicted molar refractivity (Wildman–Crippen MR) is 133 cm³/mol. The molecule has 4 aromatic rings. The molecule has 0 spiro atoms. The van der Waals surface area contributed by atoms with Crippen LogP contribution in [0.1, 0.15) is 36.6 Å². The average Bonchev–Trinajstić information content (AvgIpc) is 3.47. The summed E-state index contributed by atoms with van der Waals surface area (Å²) >= 11 is 0. The van der Waals surface area contributed by atoms with Gasteiger partial charge in [-0.3, -0.25) is 9.48 Å². The summed E-state index contributed by atoms with van der Waals surface area (Å²) in [6.45, 7) is 1.59. The molecule has 0 radical (unpaired) electrons. The van der Waals surface area contributed by atoms with E-state index in [4.69, 9.17) is 0 Å². The molecule has 5 rings (SSSR count). The summed E-state index contributed by atoms with van der Waals surface area (Å²) in [6, 6.07) is 13.7. The van der Waals surface area contributed by atoms with Crippen LogP contribution in [0.3, 0.4) is 0 Å². The van der Waals surface area contributed by atoms with Crippen LogP contribution in [0.2, 0.25) is 0 Å². The maximum atomic E-state index is 15.1. The van der Waals surface area contributed by atoms with Crippen molar-refractivity contribution in [2.24, 2.45) is 7.05 Å². The number of amides is 1. The number of nitrogens with zero attached hydrogens (tertiary/aromatic N) is 4. The van der Waals surface area contributed by atoms with Crippen molar-refractivity contribution in [1.29, 1.82) is 0 Å². The van der Waals surface area contributed by atoms with Crippen molar-refractivity contribution in [3.63, 3.8) is 0 Å². The molecular weight excluding hydrogens is 502 g/mol. The number of aliphatic hydroxyl groups is 1. The minimum absolute atomic E-state index is 0.0800. The first-order valence-electron chi connectivity index (χ1n) is 11.8. The second-order valence-electron chi connectivity index (χ2n) is 9.10. The highest BCUT2D eigenvalue weighted by molar-refractivity contribution is 6.09. The summed E-state index contributed by atoms with van der Waals surface area (Å²) in [5.74, 6) is -3.50. The van der Waals surface area contributed by atoms with Gasteiger partial charge in [0.2, 0.25) is 0 Å². The zero-order valence-corrected chi connectivity index (χ0v) is 20.4. The molecule has 0 aliphatic heterocycles. The number of aliphatic hydroxyl groups excluding tert-OH is 1. The number of anilines is 1. The van der Waals surface area contributed by atoms with Gasteiger partial charge in [-0.2, -0.15) is 23.4 Å². The number of benzene rings is 1. The number of rotatable bonds is 5. The molecule has 11 heteroatoms. The molecule has 1 aliphatic rings. The van der Waals surface area contributed by atoms with E-state index in [1.165, 1.54) is 21.5 Å². The van der Waals surface area contributed by atoms with Gasteiger partial charge >= 0.3 is 6.18 Å². The van der Waals surface area contributed by atoms with Crippen LogP contribution in [0.25, 0.3) is 16.8 Å². The van der Waals surface area contributed by atoms with E-state index < -0.39 is 47.5 Å². The molecule has 0 fully saturated rings. The topological polar surface area (TPSA) is 84.5 Å². The molecule has 0 bridgehead atoms. The van der Waals surface area contributed by atoms with E-state index >= 15 is 4.39 Å². The molecule has 2 unspecified atom stereocenters. The largest absolute Gasteiger partial charge is 0.413 e. The molecule has 1 aromatic carbocycles. The third-order valence-corrected chi connectivity index (χ3v) is 6.47. The van der Waals surface area contributed by atoms with Gasteiger partial charge < -0.3 is 10.4 Å². The van der Waals surface area contributed by atoms with Crippen molar-refractivity contribution in [2.45, 2.75) is 31.5 Å². The Kier molecular flexibility index (Phi) is 6.39. The van der Waals surface area contributed by atoms with Crippen LogP contribution < -0.4 is 5.32 Å². The van der Waals surface area contributed by atoms with Gasteiger partial charge in [0.05, 0.1) is 28.6 Å². The third-order valence-electron chi connectivity index (χ3n) is 6.47. The fourth-order valence-corrected chi connectivity index (χ4v) is 4.53. The van der Waals surface area contributed by atoms with Gasteiger partial charge in [0.15, 0.2) is 0 Å². The first-order chi connectivity index (χ1) is 18.0. The molecular formula is C27H23F4N5O2. The van der Waals surface area contributed by atoms with Gasteiger partial charge in [-0.05, 0) is 43.2 Å². The van der Waals surface area contributed by atoms with Crippen molar-refractivity contribution in [3.05, 3.63) is 95.2 Å². The Bertz CT molecular complexity index is 1580. The Labute approximate surface area is 214 Å². The van der Waals surface area contributed by atoms with E-state index in [-0.39, 0.29) is 11.4 Å². The van der Waals surface area contributed by atoms with Crippen LogP contribution in [-0.4, -0.2) is 36.6 Å². The van der Waals surface area contributed by atoms with Crippen molar-refractivity contribution < 1.29 is 27.5 Å². The Morgan fingerprint density at radius 2 is 1.87 bits per heavy atom. The number of hydrogen-bond acceptors (Lipinski definition) is 4. The first-order valence-corrected chi connectivity index (χ1v) is 11.8. The second kappa shape index (κ2) is 9.56. The summed E-state index contributed by atoms with van der Waals surface area (Å²) < 4.78 is 59.3. The SMILES string of the molecule is CC(O)c1ccn2nc(-c3ccccc3)c(NC(=O)C3=C(F)C=C(C(F)(F)F)C(c4ccn(C)n4)C3)c2c1.